The van der Waals surface area contributed by atoms with Crippen molar-refractivity contribution in [2.24, 2.45) is 10.8 Å². The molecule has 2 bridgehead atoms. The molecule has 1 heterocycles. The van der Waals surface area contributed by atoms with E-state index in [2.05, 4.69) is 37.5 Å². The molecule has 1 aliphatic carbocycles. The predicted octanol–water partition coefficient (Wildman–Crippen LogP) is 2.66. The molecule has 2 aliphatic rings. The van der Waals surface area contributed by atoms with Crippen LogP contribution in [0.5, 0.6) is 0 Å². The molecule has 2 heteroatoms. The van der Waals surface area contributed by atoms with Crippen LogP contribution in [0.25, 0.3) is 0 Å². The van der Waals surface area contributed by atoms with Gasteiger partial charge in [0, 0.05) is 12.6 Å². The first kappa shape index (κ1) is 13.9. The Morgan fingerprint density at radius 2 is 1.94 bits per heavy atom. The number of aliphatic hydroxyl groups is 1. The molecule has 2 rings (SSSR count). The van der Waals surface area contributed by atoms with Gasteiger partial charge in [-0.05, 0) is 43.9 Å². The molecule has 0 aromatic carbocycles. The summed E-state index contributed by atoms with van der Waals surface area (Å²) in [6.45, 7) is 12.7. The number of fused-ring (bicyclic) bond motifs is 2. The Labute approximate surface area is 112 Å². The normalized spacial score (nSPS) is 35.1. The average molecular weight is 249 g/mol. The van der Waals surface area contributed by atoms with Crippen LogP contribution in [0, 0.1) is 22.7 Å². The van der Waals surface area contributed by atoms with Crippen LogP contribution in [0.3, 0.4) is 0 Å². The molecular formula is C16H27NO. The zero-order chi connectivity index (χ0) is 13.6. The van der Waals surface area contributed by atoms with Gasteiger partial charge in [-0.2, -0.15) is 0 Å². The molecule has 0 unspecified atom stereocenters. The van der Waals surface area contributed by atoms with Gasteiger partial charge in [0.05, 0.1) is 6.54 Å². The lowest BCUT2D eigenvalue weighted by atomic mass is 9.65. The lowest BCUT2D eigenvalue weighted by Crippen LogP contribution is -2.34. The van der Waals surface area contributed by atoms with Gasteiger partial charge < -0.3 is 5.11 Å². The third-order valence-corrected chi connectivity index (χ3v) is 4.20. The van der Waals surface area contributed by atoms with Crippen molar-refractivity contribution in [3.63, 3.8) is 0 Å². The fourth-order valence-corrected chi connectivity index (χ4v) is 4.12. The Kier molecular flexibility index (Phi) is 3.28. The van der Waals surface area contributed by atoms with Crippen molar-refractivity contribution in [2.75, 3.05) is 13.1 Å². The molecule has 1 aliphatic heterocycles. The molecule has 0 aromatic rings. The molecule has 0 spiro atoms. The minimum Gasteiger partial charge on any atom is -0.378 e. The van der Waals surface area contributed by atoms with E-state index < -0.39 is 5.60 Å². The maximum Gasteiger partial charge on any atom is 0.120 e. The molecule has 0 amide bonds. The topological polar surface area (TPSA) is 23.5 Å². The van der Waals surface area contributed by atoms with Gasteiger partial charge >= 0.3 is 0 Å². The Morgan fingerprint density at radius 1 is 1.28 bits per heavy atom. The van der Waals surface area contributed by atoms with Gasteiger partial charge in [-0.1, -0.05) is 32.6 Å². The van der Waals surface area contributed by atoms with E-state index in [1.165, 1.54) is 25.8 Å². The van der Waals surface area contributed by atoms with Crippen LogP contribution < -0.4 is 0 Å². The van der Waals surface area contributed by atoms with Crippen molar-refractivity contribution in [3.8, 4) is 11.8 Å². The SMILES string of the molecule is CC(C)(O)C#CCN1C[C@]2(C)C[C@@H]1CC(C)(C)C2. The number of likely N-dealkylation sites (tertiary alicyclic amines) is 1. The predicted molar refractivity (Wildman–Crippen MR) is 75.2 cm³/mol. The third kappa shape index (κ3) is 3.28. The Balaban J connectivity index is 2.03. The first-order valence-corrected chi connectivity index (χ1v) is 7.05. The van der Waals surface area contributed by atoms with Crippen LogP contribution in [0.2, 0.25) is 0 Å². The lowest BCUT2D eigenvalue weighted by Gasteiger charge is -2.39. The molecule has 1 saturated carbocycles. The molecule has 102 valence electrons. The summed E-state index contributed by atoms with van der Waals surface area (Å²) in [5.41, 5.74) is 0.0803. The highest BCUT2D eigenvalue weighted by Gasteiger charge is 2.49. The van der Waals surface area contributed by atoms with E-state index in [-0.39, 0.29) is 0 Å². The molecule has 2 nitrogen and oxygen atoms in total. The van der Waals surface area contributed by atoms with E-state index in [1.807, 2.05) is 0 Å². The Bertz CT molecular complexity index is 382. The van der Waals surface area contributed by atoms with Crippen LogP contribution in [-0.2, 0) is 0 Å². The van der Waals surface area contributed by atoms with E-state index >= 15 is 0 Å². The summed E-state index contributed by atoms with van der Waals surface area (Å²) in [5, 5.41) is 9.62. The molecule has 2 atom stereocenters. The maximum atomic E-state index is 9.62. The van der Waals surface area contributed by atoms with Gasteiger partial charge in [0.1, 0.15) is 5.60 Å². The smallest absolute Gasteiger partial charge is 0.120 e. The quantitative estimate of drug-likeness (QED) is 0.722. The second kappa shape index (κ2) is 4.25. The van der Waals surface area contributed by atoms with Crippen LogP contribution in [-0.4, -0.2) is 34.7 Å². The van der Waals surface area contributed by atoms with Crippen LogP contribution in [0.4, 0.5) is 0 Å². The Hall–Kier alpha value is -0.520. The molecule has 2 fully saturated rings. The van der Waals surface area contributed by atoms with Crippen LogP contribution >= 0.6 is 0 Å². The molecule has 1 N–H and O–H groups in total. The number of nitrogens with zero attached hydrogens (tertiary/aromatic N) is 1. The van der Waals surface area contributed by atoms with Crippen molar-refractivity contribution in [1.29, 1.82) is 0 Å². The minimum absolute atomic E-state index is 0.468. The molecule has 0 aromatic heterocycles. The highest BCUT2D eigenvalue weighted by Crippen LogP contribution is 2.52. The van der Waals surface area contributed by atoms with Gasteiger partial charge in [0.15, 0.2) is 0 Å². The summed E-state index contributed by atoms with van der Waals surface area (Å²) < 4.78 is 0. The second-order valence-corrected chi connectivity index (χ2v) is 7.98. The molecule has 1 saturated heterocycles. The summed E-state index contributed by atoms with van der Waals surface area (Å²) in [5.74, 6) is 6.08. The summed E-state index contributed by atoms with van der Waals surface area (Å²) in [6.07, 6.45) is 3.93. The van der Waals surface area contributed by atoms with Crippen molar-refractivity contribution in [2.45, 2.75) is 65.5 Å². The van der Waals surface area contributed by atoms with Gasteiger partial charge in [-0.15, -0.1) is 0 Å². The average Bonchev–Trinajstić information content (AvgIpc) is 2.32. The number of hydrogen-bond acceptors (Lipinski definition) is 2. The molecular weight excluding hydrogens is 222 g/mol. The number of rotatable bonds is 1. The van der Waals surface area contributed by atoms with E-state index in [0.717, 1.165) is 6.54 Å². The standard InChI is InChI=1S/C16H27NO/c1-14(2)9-13-10-16(5,11-14)12-17(13)8-6-7-15(3,4)18/h13,18H,8-12H2,1-5H3/t13-,16+/m0/s1. The van der Waals surface area contributed by atoms with Gasteiger partial charge in [-0.3, -0.25) is 4.90 Å². The van der Waals surface area contributed by atoms with Crippen LogP contribution in [0.15, 0.2) is 0 Å². The zero-order valence-corrected chi connectivity index (χ0v) is 12.5. The van der Waals surface area contributed by atoms with Crippen molar-refractivity contribution in [3.05, 3.63) is 0 Å². The largest absolute Gasteiger partial charge is 0.378 e. The highest BCUT2D eigenvalue weighted by molar-refractivity contribution is 5.13. The van der Waals surface area contributed by atoms with E-state index in [4.69, 9.17) is 0 Å². The molecule has 18 heavy (non-hydrogen) atoms. The van der Waals surface area contributed by atoms with Gasteiger partial charge in [0.25, 0.3) is 0 Å². The summed E-state index contributed by atoms with van der Waals surface area (Å²) in [7, 11) is 0. The first-order chi connectivity index (χ1) is 8.09. The summed E-state index contributed by atoms with van der Waals surface area (Å²) in [4.78, 5) is 2.52. The highest BCUT2D eigenvalue weighted by atomic mass is 16.3. The monoisotopic (exact) mass is 249 g/mol. The Morgan fingerprint density at radius 3 is 2.56 bits per heavy atom. The maximum absolute atomic E-state index is 9.62. The van der Waals surface area contributed by atoms with Gasteiger partial charge in [0.2, 0.25) is 0 Å². The van der Waals surface area contributed by atoms with E-state index in [1.54, 1.807) is 13.8 Å². The molecule has 0 radical (unpaired) electrons. The lowest BCUT2D eigenvalue weighted by molar-refractivity contribution is 0.129. The fraction of sp³-hybridized carbons (Fsp3) is 0.875. The van der Waals surface area contributed by atoms with Crippen molar-refractivity contribution < 1.29 is 5.11 Å². The first-order valence-electron chi connectivity index (χ1n) is 7.05. The van der Waals surface area contributed by atoms with E-state index in [0.29, 0.717) is 16.9 Å². The fourth-order valence-electron chi connectivity index (χ4n) is 4.12. The van der Waals surface area contributed by atoms with Crippen LogP contribution in [0.1, 0.15) is 53.9 Å². The summed E-state index contributed by atoms with van der Waals surface area (Å²) in [6, 6.07) is 0.690. The van der Waals surface area contributed by atoms with Crippen molar-refractivity contribution >= 4 is 0 Å². The van der Waals surface area contributed by atoms with Crippen molar-refractivity contribution in [1.82, 2.24) is 4.90 Å². The van der Waals surface area contributed by atoms with E-state index in [9.17, 15) is 5.11 Å². The second-order valence-electron chi connectivity index (χ2n) is 7.98. The van der Waals surface area contributed by atoms with Gasteiger partial charge in [-0.25, -0.2) is 0 Å². The summed E-state index contributed by atoms with van der Waals surface area (Å²) >= 11 is 0. The third-order valence-electron chi connectivity index (χ3n) is 4.20. The zero-order valence-electron chi connectivity index (χ0n) is 12.5. The minimum atomic E-state index is -0.863. The number of hydrogen-bond donors (Lipinski definition) is 1.